The lowest BCUT2D eigenvalue weighted by Crippen LogP contribution is -2.14. The predicted octanol–water partition coefficient (Wildman–Crippen LogP) is -2.45. The molecule has 128 valence electrons. The summed E-state index contributed by atoms with van der Waals surface area (Å²) in [5, 5.41) is 24.6. The number of carbonyl (C=O) groups is 3. The average Bonchev–Trinajstić information content (AvgIpc) is 2.50. The van der Waals surface area contributed by atoms with E-state index in [1.165, 1.54) is 0 Å². The van der Waals surface area contributed by atoms with E-state index in [9.17, 15) is 14.4 Å². The Hall–Kier alpha value is -2.49. The minimum absolute atomic E-state index is 0.146. The molecule has 0 bridgehead atoms. The zero-order valence-corrected chi connectivity index (χ0v) is 12.4. The largest absolute Gasteiger partial charge is 0.396 e. The summed E-state index contributed by atoms with van der Waals surface area (Å²) in [6, 6.07) is 0. The molecular formula is C13H25N3O6. The minimum Gasteiger partial charge on any atom is -0.396 e. The van der Waals surface area contributed by atoms with Crippen LogP contribution in [0.3, 0.4) is 0 Å². The summed E-state index contributed by atoms with van der Waals surface area (Å²) in [5.41, 5.74) is 13.6. The van der Waals surface area contributed by atoms with Crippen molar-refractivity contribution in [3.05, 3.63) is 38.0 Å². The van der Waals surface area contributed by atoms with Gasteiger partial charge in [0.2, 0.25) is 17.7 Å². The molecule has 0 aliphatic rings. The predicted molar refractivity (Wildman–Crippen MR) is 82.9 cm³/mol. The van der Waals surface area contributed by atoms with Crippen LogP contribution in [0, 0.1) is 5.92 Å². The maximum Gasteiger partial charge on any atom is 0.240 e. The normalized spacial score (nSPS) is 7.64. The number of rotatable bonds is 6. The van der Waals surface area contributed by atoms with Gasteiger partial charge in [-0.3, -0.25) is 14.4 Å². The first kappa shape index (κ1) is 27.8. The molecular weight excluding hydrogens is 294 g/mol. The van der Waals surface area contributed by atoms with Crippen molar-refractivity contribution in [3.63, 3.8) is 0 Å². The summed E-state index contributed by atoms with van der Waals surface area (Å²) < 4.78 is 0. The molecule has 22 heavy (non-hydrogen) atoms. The van der Waals surface area contributed by atoms with Crippen LogP contribution in [0.1, 0.15) is 0 Å². The van der Waals surface area contributed by atoms with Crippen molar-refractivity contribution in [2.45, 2.75) is 0 Å². The summed E-state index contributed by atoms with van der Waals surface area (Å²) in [6.07, 6.45) is 3.17. The zero-order valence-electron chi connectivity index (χ0n) is 12.4. The summed E-state index contributed by atoms with van der Waals surface area (Å²) in [7, 11) is 0. The van der Waals surface area contributed by atoms with Crippen LogP contribution in [-0.4, -0.2) is 52.9 Å². The maximum atomic E-state index is 9.47. The van der Waals surface area contributed by atoms with Crippen molar-refractivity contribution >= 4 is 17.7 Å². The fourth-order valence-corrected chi connectivity index (χ4v) is 0.173. The van der Waals surface area contributed by atoms with E-state index in [1.807, 2.05) is 0 Å². The second-order valence-electron chi connectivity index (χ2n) is 3.23. The molecule has 3 amide bonds. The fraction of sp³-hybridized carbons (Fsp3) is 0.308. The van der Waals surface area contributed by atoms with Crippen molar-refractivity contribution in [1.29, 1.82) is 0 Å². The highest BCUT2D eigenvalue weighted by Crippen LogP contribution is 1.87. The first-order valence-corrected chi connectivity index (χ1v) is 5.74. The third-order valence-corrected chi connectivity index (χ3v) is 1.38. The Morgan fingerprint density at radius 3 is 0.864 bits per heavy atom. The number of hydrogen-bond acceptors (Lipinski definition) is 6. The smallest absolute Gasteiger partial charge is 0.240 e. The van der Waals surface area contributed by atoms with Gasteiger partial charge in [-0.25, -0.2) is 0 Å². The molecule has 0 saturated heterocycles. The van der Waals surface area contributed by atoms with Crippen molar-refractivity contribution in [2.75, 3.05) is 19.8 Å². The van der Waals surface area contributed by atoms with E-state index in [1.54, 1.807) is 0 Å². The number of nitrogens with two attached hydrogens (primary N) is 3. The fourth-order valence-electron chi connectivity index (χ4n) is 0.173. The van der Waals surface area contributed by atoms with E-state index in [4.69, 9.17) is 15.3 Å². The van der Waals surface area contributed by atoms with Crippen molar-refractivity contribution in [3.8, 4) is 0 Å². The SMILES string of the molecule is C=CC(N)=O.C=CC(N)=O.C=CC(N)=O.OCC(CO)CO. The van der Waals surface area contributed by atoms with Gasteiger partial charge in [0.25, 0.3) is 0 Å². The van der Waals surface area contributed by atoms with E-state index in [-0.39, 0.29) is 25.7 Å². The maximum absolute atomic E-state index is 9.47. The first-order chi connectivity index (χ1) is 10.2. The van der Waals surface area contributed by atoms with Crippen LogP contribution in [0.2, 0.25) is 0 Å². The van der Waals surface area contributed by atoms with Gasteiger partial charge in [-0.2, -0.15) is 0 Å². The minimum atomic E-state index is -0.481. The van der Waals surface area contributed by atoms with Crippen molar-refractivity contribution in [2.24, 2.45) is 23.1 Å². The van der Waals surface area contributed by atoms with Crippen molar-refractivity contribution < 1.29 is 29.7 Å². The second kappa shape index (κ2) is 23.6. The van der Waals surface area contributed by atoms with Gasteiger partial charge < -0.3 is 32.5 Å². The molecule has 0 radical (unpaired) electrons. The molecule has 9 N–H and O–H groups in total. The summed E-state index contributed by atoms with van der Waals surface area (Å²) in [4.78, 5) is 28.4. The Balaban J connectivity index is -0.0000000995. The number of hydrogen-bond donors (Lipinski definition) is 6. The molecule has 0 spiro atoms. The first-order valence-electron chi connectivity index (χ1n) is 5.74. The topological polar surface area (TPSA) is 190 Å². The standard InChI is InChI=1S/C4H10O3.3C3H5NO/c5-1-4(2-6)3-7;3*1-2-3(4)5/h4-7H,1-3H2;3*2H,1H2,(H2,4,5). The quantitative estimate of drug-likeness (QED) is 0.294. The van der Waals surface area contributed by atoms with Gasteiger partial charge in [-0.05, 0) is 18.2 Å². The Kier molecular flexibility index (Phi) is 29.8. The molecule has 0 atom stereocenters. The Bertz CT molecular complexity index is 292. The van der Waals surface area contributed by atoms with E-state index < -0.39 is 17.7 Å². The zero-order chi connectivity index (χ0) is 18.6. The Morgan fingerprint density at radius 2 is 0.864 bits per heavy atom. The lowest BCUT2D eigenvalue weighted by atomic mass is 10.2. The third kappa shape index (κ3) is 52.8. The molecule has 9 heteroatoms. The number of primary amides is 3. The Labute approximate surface area is 129 Å². The average molecular weight is 319 g/mol. The molecule has 0 aliphatic heterocycles. The van der Waals surface area contributed by atoms with Crippen LogP contribution in [0.25, 0.3) is 0 Å². The van der Waals surface area contributed by atoms with E-state index >= 15 is 0 Å². The van der Waals surface area contributed by atoms with Crippen molar-refractivity contribution in [1.82, 2.24) is 0 Å². The van der Waals surface area contributed by atoms with Crippen LogP contribution in [0.5, 0.6) is 0 Å². The van der Waals surface area contributed by atoms with Crippen LogP contribution >= 0.6 is 0 Å². The number of aliphatic hydroxyl groups excluding tert-OH is 3. The summed E-state index contributed by atoms with van der Waals surface area (Å²) >= 11 is 0. The number of aliphatic hydroxyl groups is 3. The van der Waals surface area contributed by atoms with E-state index in [0.717, 1.165) is 18.2 Å². The highest BCUT2D eigenvalue weighted by atomic mass is 16.3. The molecule has 0 rings (SSSR count). The molecule has 0 fully saturated rings. The lowest BCUT2D eigenvalue weighted by Gasteiger charge is -2.02. The van der Waals surface area contributed by atoms with Gasteiger partial charge in [0.05, 0.1) is 19.8 Å². The Morgan fingerprint density at radius 1 is 0.727 bits per heavy atom. The van der Waals surface area contributed by atoms with Crippen LogP contribution in [0.4, 0.5) is 0 Å². The van der Waals surface area contributed by atoms with Crippen LogP contribution in [-0.2, 0) is 14.4 Å². The molecule has 0 aromatic heterocycles. The highest BCUT2D eigenvalue weighted by molar-refractivity contribution is 5.85. The molecule has 0 aromatic rings. The monoisotopic (exact) mass is 319 g/mol. The van der Waals surface area contributed by atoms with Gasteiger partial charge in [0.15, 0.2) is 0 Å². The van der Waals surface area contributed by atoms with E-state index in [0.29, 0.717) is 0 Å². The highest BCUT2D eigenvalue weighted by Gasteiger charge is 2.00. The van der Waals surface area contributed by atoms with Gasteiger partial charge in [0, 0.05) is 5.92 Å². The van der Waals surface area contributed by atoms with Crippen LogP contribution < -0.4 is 17.2 Å². The summed E-state index contributed by atoms with van der Waals surface area (Å²) in [5.74, 6) is -1.79. The van der Waals surface area contributed by atoms with E-state index in [2.05, 4.69) is 36.9 Å². The lowest BCUT2D eigenvalue weighted by molar-refractivity contribution is -0.114. The summed E-state index contributed by atoms with van der Waals surface area (Å²) in [6.45, 7) is 8.82. The second-order valence-corrected chi connectivity index (χ2v) is 3.23. The molecule has 0 aromatic carbocycles. The molecule has 0 saturated carbocycles. The molecule has 0 heterocycles. The molecule has 9 nitrogen and oxygen atoms in total. The number of amides is 3. The van der Waals surface area contributed by atoms with Gasteiger partial charge >= 0.3 is 0 Å². The molecule has 0 unspecified atom stereocenters. The van der Waals surface area contributed by atoms with Gasteiger partial charge in [0.1, 0.15) is 0 Å². The van der Waals surface area contributed by atoms with Gasteiger partial charge in [-0.1, -0.05) is 19.7 Å². The third-order valence-electron chi connectivity index (χ3n) is 1.38. The number of carbonyl (C=O) groups excluding carboxylic acids is 3. The molecule has 0 aliphatic carbocycles. The van der Waals surface area contributed by atoms with Crippen LogP contribution in [0.15, 0.2) is 38.0 Å². The van der Waals surface area contributed by atoms with Gasteiger partial charge in [-0.15, -0.1) is 0 Å².